The average molecular weight is 370 g/mol. The summed E-state index contributed by atoms with van der Waals surface area (Å²) in [4.78, 5) is 11.9. The lowest BCUT2D eigenvalue weighted by Crippen LogP contribution is -2.55. The molecule has 3 fully saturated rings. The van der Waals surface area contributed by atoms with Gasteiger partial charge in [0, 0.05) is 12.3 Å². The molecule has 0 amide bonds. The number of carbonyl (C=O) groups excluding carboxylic acids is 1. The van der Waals surface area contributed by atoms with Gasteiger partial charge in [-0.25, -0.2) is 0 Å². The smallest absolute Gasteiger partial charge is 0.304 e. The van der Waals surface area contributed by atoms with Gasteiger partial charge >= 0.3 is 5.97 Å². The maximum absolute atomic E-state index is 11.9. The van der Waals surface area contributed by atoms with Gasteiger partial charge in [-0.05, 0) is 87.5 Å². The van der Waals surface area contributed by atoms with Crippen LogP contribution in [0.4, 0.5) is 0 Å². The largest absolute Gasteiger partial charge is 0.445 e. The first-order valence-corrected chi connectivity index (χ1v) is 10.6. The first kappa shape index (κ1) is 18.6. The van der Waals surface area contributed by atoms with E-state index in [4.69, 9.17) is 16.4 Å². The Bertz CT molecular complexity index is 732. The second-order valence-electron chi connectivity index (χ2n) is 9.08. The molecule has 0 radical (unpaired) electrons. The Morgan fingerprint density at radius 1 is 1.30 bits per heavy atom. The molecule has 0 saturated heterocycles. The molecule has 0 aromatic heterocycles. The fraction of sp³-hybridized carbons (Fsp3) is 0.739. The minimum absolute atomic E-state index is 0.0673. The van der Waals surface area contributed by atoms with Gasteiger partial charge in [-0.2, -0.15) is 0 Å². The van der Waals surface area contributed by atoms with Crippen LogP contribution in [0.1, 0.15) is 71.6 Å². The number of terminal acetylenes is 1. The number of allylic oxidation sites excluding steroid dienone is 2. The Balaban J connectivity index is 1.66. The highest BCUT2D eigenvalue weighted by Gasteiger charge is 2.65. The number of oxime groups is 1. The van der Waals surface area contributed by atoms with Crippen LogP contribution in [-0.4, -0.2) is 22.5 Å². The highest BCUT2D eigenvalue weighted by Crippen LogP contribution is 2.67. The Morgan fingerprint density at radius 3 is 2.78 bits per heavy atom. The lowest BCUT2D eigenvalue weighted by atomic mass is 9.49. The van der Waals surface area contributed by atoms with Gasteiger partial charge in [0.25, 0.3) is 0 Å². The van der Waals surface area contributed by atoms with Gasteiger partial charge in [0.1, 0.15) is 0 Å². The maximum atomic E-state index is 11.9. The number of esters is 1. The third kappa shape index (κ3) is 2.57. The van der Waals surface area contributed by atoms with Crippen molar-refractivity contribution in [1.29, 1.82) is 0 Å². The number of carbonyl (C=O) groups is 1. The summed E-state index contributed by atoms with van der Waals surface area (Å²) < 4.78 is 5.90. The third-order valence-electron chi connectivity index (χ3n) is 8.45. The highest BCUT2D eigenvalue weighted by atomic mass is 16.6. The molecule has 0 aromatic rings. The zero-order valence-electron chi connectivity index (χ0n) is 16.5. The Morgan fingerprint density at radius 2 is 2.11 bits per heavy atom. The normalized spacial score (nSPS) is 44.5. The van der Waals surface area contributed by atoms with Crippen molar-refractivity contribution >= 4 is 11.7 Å². The predicted molar refractivity (Wildman–Crippen MR) is 104 cm³/mol. The molecule has 3 saturated carbocycles. The number of hydrogen-bond donors (Lipinski definition) is 1. The number of rotatable bonds is 2. The second-order valence-corrected chi connectivity index (χ2v) is 9.08. The Labute approximate surface area is 162 Å². The van der Waals surface area contributed by atoms with Crippen molar-refractivity contribution in [2.45, 2.75) is 77.2 Å². The quantitative estimate of drug-likeness (QED) is 0.332. The number of nitrogens with zero attached hydrogens (tertiary/aromatic N) is 1. The summed E-state index contributed by atoms with van der Waals surface area (Å²) in [6.07, 6.45) is 17.5. The van der Waals surface area contributed by atoms with Crippen molar-refractivity contribution in [3.8, 4) is 12.3 Å². The molecule has 1 N–H and O–H groups in total. The minimum atomic E-state index is -0.720. The monoisotopic (exact) mass is 369 g/mol. The molecule has 6 atom stereocenters. The molecule has 4 nitrogen and oxygen atoms in total. The summed E-state index contributed by atoms with van der Waals surface area (Å²) in [7, 11) is 0. The van der Waals surface area contributed by atoms with Crippen LogP contribution in [-0.2, 0) is 9.53 Å². The van der Waals surface area contributed by atoms with E-state index >= 15 is 0 Å². The molecule has 0 spiro atoms. The Hall–Kier alpha value is -1.76. The van der Waals surface area contributed by atoms with Gasteiger partial charge < -0.3 is 9.94 Å². The average Bonchev–Trinajstić information content (AvgIpc) is 3.01. The summed E-state index contributed by atoms with van der Waals surface area (Å²) >= 11 is 0. The molecular formula is C23H31NO3. The zero-order chi connectivity index (χ0) is 19.2. The van der Waals surface area contributed by atoms with E-state index in [0.29, 0.717) is 23.7 Å². The summed E-state index contributed by atoms with van der Waals surface area (Å²) in [5, 5.41) is 12.6. The molecule has 146 valence electrons. The van der Waals surface area contributed by atoms with Gasteiger partial charge in [-0.3, -0.25) is 4.79 Å². The molecule has 0 heterocycles. The van der Waals surface area contributed by atoms with Gasteiger partial charge in [0.05, 0.1) is 5.71 Å². The molecule has 0 aliphatic heterocycles. The molecule has 0 bridgehead atoms. The van der Waals surface area contributed by atoms with Crippen molar-refractivity contribution < 1.29 is 14.7 Å². The van der Waals surface area contributed by atoms with Crippen LogP contribution in [0.2, 0.25) is 0 Å². The number of ether oxygens (including phenoxy) is 1. The van der Waals surface area contributed by atoms with Crippen LogP contribution in [0.5, 0.6) is 0 Å². The summed E-state index contributed by atoms with van der Waals surface area (Å²) in [6.45, 7) is 3.72. The van der Waals surface area contributed by atoms with E-state index in [9.17, 15) is 4.79 Å². The summed E-state index contributed by atoms with van der Waals surface area (Å²) in [6, 6.07) is 0. The van der Waals surface area contributed by atoms with Crippen molar-refractivity contribution in [1.82, 2.24) is 0 Å². The van der Waals surface area contributed by atoms with Crippen LogP contribution in [0.15, 0.2) is 16.8 Å². The van der Waals surface area contributed by atoms with Gasteiger partial charge in [-0.15, -0.1) is 6.42 Å². The van der Waals surface area contributed by atoms with Crippen LogP contribution >= 0.6 is 0 Å². The SMILES string of the molecule is C#C[C@]1(OC(C)=O)CC[C@@H]2[C@@H]3CCC4=C/C(=N/O)CC[C@@H]4[C@@H]3CC[C@]21CC. The third-order valence-corrected chi connectivity index (χ3v) is 8.45. The first-order valence-electron chi connectivity index (χ1n) is 10.6. The van der Waals surface area contributed by atoms with Gasteiger partial charge in [-0.1, -0.05) is 23.6 Å². The van der Waals surface area contributed by atoms with E-state index in [1.165, 1.54) is 18.9 Å². The van der Waals surface area contributed by atoms with Crippen molar-refractivity contribution in [2.24, 2.45) is 34.2 Å². The minimum Gasteiger partial charge on any atom is -0.445 e. The Kier molecular flexibility index (Phi) is 4.61. The van der Waals surface area contributed by atoms with E-state index in [2.05, 4.69) is 24.1 Å². The predicted octanol–water partition coefficient (Wildman–Crippen LogP) is 4.71. The standard InChI is InChI=1S/C23H31NO3/c1-4-22-12-10-19-18-9-7-17(24-26)14-16(18)6-8-20(19)21(22)11-13-23(22,5-2)27-15(3)25/h2,14,18-21,26H,4,6-13H2,1,3H3/b24-17+/t18-,19-,20+,21+,22+,23-/m0/s1. The van der Waals surface area contributed by atoms with Crippen LogP contribution in [0, 0.1) is 41.4 Å². The fourth-order valence-corrected chi connectivity index (χ4v) is 7.45. The molecule has 0 aromatic carbocycles. The zero-order valence-corrected chi connectivity index (χ0v) is 16.5. The lowest BCUT2D eigenvalue weighted by Gasteiger charge is -2.56. The second kappa shape index (κ2) is 6.69. The van der Waals surface area contributed by atoms with Crippen LogP contribution in [0.3, 0.4) is 0 Å². The van der Waals surface area contributed by atoms with Crippen LogP contribution < -0.4 is 0 Å². The van der Waals surface area contributed by atoms with E-state index in [1.54, 1.807) is 0 Å². The fourth-order valence-electron chi connectivity index (χ4n) is 7.45. The molecule has 4 rings (SSSR count). The van der Waals surface area contributed by atoms with E-state index < -0.39 is 5.60 Å². The topological polar surface area (TPSA) is 58.9 Å². The molecular weight excluding hydrogens is 338 g/mol. The van der Waals surface area contributed by atoms with E-state index in [0.717, 1.165) is 57.1 Å². The molecule has 4 aliphatic rings. The highest BCUT2D eigenvalue weighted by molar-refractivity contribution is 5.96. The number of hydrogen-bond acceptors (Lipinski definition) is 4. The molecule has 4 aliphatic carbocycles. The van der Waals surface area contributed by atoms with Crippen molar-refractivity contribution in [3.05, 3.63) is 11.6 Å². The molecule has 27 heavy (non-hydrogen) atoms. The van der Waals surface area contributed by atoms with Crippen molar-refractivity contribution in [3.63, 3.8) is 0 Å². The van der Waals surface area contributed by atoms with Crippen LogP contribution in [0.25, 0.3) is 0 Å². The maximum Gasteiger partial charge on any atom is 0.304 e. The summed E-state index contributed by atoms with van der Waals surface area (Å²) in [5.74, 6) is 5.25. The van der Waals surface area contributed by atoms with Gasteiger partial charge in [0.15, 0.2) is 5.60 Å². The first-order chi connectivity index (χ1) is 13.0. The lowest BCUT2D eigenvalue weighted by molar-refractivity contribution is -0.170. The molecule has 4 heteroatoms. The van der Waals surface area contributed by atoms with Gasteiger partial charge in [0.2, 0.25) is 0 Å². The number of fused-ring (bicyclic) bond motifs is 5. The summed E-state index contributed by atoms with van der Waals surface area (Å²) in [5.41, 5.74) is 1.53. The van der Waals surface area contributed by atoms with E-state index in [1.807, 2.05) is 0 Å². The van der Waals surface area contributed by atoms with E-state index in [-0.39, 0.29) is 11.4 Å². The van der Waals surface area contributed by atoms with Crippen molar-refractivity contribution in [2.75, 3.05) is 0 Å². The molecule has 0 unspecified atom stereocenters.